The van der Waals surface area contributed by atoms with Crippen molar-refractivity contribution < 1.29 is 19.4 Å². The molecule has 0 radical (unpaired) electrons. The quantitative estimate of drug-likeness (QED) is 0.921. The smallest absolute Gasteiger partial charge is 0.308 e. The average Bonchev–Trinajstić information content (AvgIpc) is 2.82. The van der Waals surface area contributed by atoms with E-state index in [1.54, 1.807) is 11.8 Å². The zero-order valence-electron chi connectivity index (χ0n) is 12.6. The maximum Gasteiger partial charge on any atom is 0.308 e. The maximum atomic E-state index is 12.2. The third-order valence-electron chi connectivity index (χ3n) is 4.30. The Morgan fingerprint density at radius 2 is 2.10 bits per heavy atom. The van der Waals surface area contributed by atoms with E-state index in [-0.39, 0.29) is 18.6 Å². The molecule has 21 heavy (non-hydrogen) atoms. The van der Waals surface area contributed by atoms with Crippen LogP contribution in [0.3, 0.4) is 0 Å². The van der Waals surface area contributed by atoms with Gasteiger partial charge in [0.1, 0.15) is 5.75 Å². The largest absolute Gasteiger partial charge is 0.483 e. The summed E-state index contributed by atoms with van der Waals surface area (Å²) in [7, 11) is 0. The molecule has 0 bridgehead atoms. The molecular weight excluding hydrogens is 270 g/mol. The first-order valence-corrected chi connectivity index (χ1v) is 7.13. The number of likely N-dealkylation sites (tertiary alicyclic amines) is 1. The van der Waals surface area contributed by atoms with Crippen LogP contribution in [0, 0.1) is 19.8 Å². The molecular formula is C16H21NO4. The lowest BCUT2D eigenvalue weighted by Crippen LogP contribution is -2.40. The topological polar surface area (TPSA) is 66.8 Å². The Balaban J connectivity index is 1.97. The Bertz CT molecular complexity index is 555. The standard InChI is InChI=1S/C16H21NO4/c1-10-5-4-6-14(11(10)2)21-9-15(18)17-8-7-13(12(17)3)16(19)20/h4-6,12-13H,7-9H2,1-3H3,(H,19,20). The molecule has 1 fully saturated rings. The number of hydrogen-bond acceptors (Lipinski definition) is 3. The Kier molecular flexibility index (Phi) is 4.50. The molecule has 114 valence electrons. The second-order valence-electron chi connectivity index (χ2n) is 5.55. The van der Waals surface area contributed by atoms with Crippen LogP contribution in [0.5, 0.6) is 5.75 Å². The van der Waals surface area contributed by atoms with Crippen molar-refractivity contribution in [3.63, 3.8) is 0 Å². The van der Waals surface area contributed by atoms with Gasteiger partial charge in [-0.3, -0.25) is 9.59 Å². The first kappa shape index (κ1) is 15.4. The fraction of sp³-hybridized carbons (Fsp3) is 0.500. The molecule has 1 aromatic carbocycles. The van der Waals surface area contributed by atoms with E-state index in [2.05, 4.69) is 0 Å². The van der Waals surface area contributed by atoms with Gasteiger partial charge in [0.15, 0.2) is 6.61 Å². The Labute approximate surface area is 124 Å². The maximum absolute atomic E-state index is 12.2. The molecule has 0 aromatic heterocycles. The second-order valence-corrected chi connectivity index (χ2v) is 5.55. The summed E-state index contributed by atoms with van der Waals surface area (Å²) in [6.45, 7) is 6.15. The summed E-state index contributed by atoms with van der Waals surface area (Å²) in [4.78, 5) is 24.9. The van der Waals surface area contributed by atoms with Crippen molar-refractivity contribution >= 4 is 11.9 Å². The first-order chi connectivity index (χ1) is 9.91. The highest BCUT2D eigenvalue weighted by Crippen LogP contribution is 2.25. The van der Waals surface area contributed by atoms with Crippen molar-refractivity contribution in [2.24, 2.45) is 5.92 Å². The van der Waals surface area contributed by atoms with Gasteiger partial charge in [0.25, 0.3) is 5.91 Å². The monoisotopic (exact) mass is 291 g/mol. The highest BCUT2D eigenvalue weighted by molar-refractivity contribution is 5.80. The highest BCUT2D eigenvalue weighted by atomic mass is 16.5. The number of aryl methyl sites for hydroxylation is 1. The van der Waals surface area contributed by atoms with Crippen LogP contribution in [0.15, 0.2) is 18.2 Å². The minimum Gasteiger partial charge on any atom is -0.483 e. The normalized spacial score (nSPS) is 21.4. The molecule has 2 rings (SSSR count). The van der Waals surface area contributed by atoms with Gasteiger partial charge >= 0.3 is 5.97 Å². The number of carboxylic acid groups (broad SMARTS) is 1. The molecule has 2 unspecified atom stereocenters. The van der Waals surface area contributed by atoms with Crippen molar-refractivity contribution in [1.29, 1.82) is 0 Å². The molecule has 1 amide bonds. The first-order valence-electron chi connectivity index (χ1n) is 7.13. The number of rotatable bonds is 4. The minimum atomic E-state index is -0.840. The molecule has 5 nitrogen and oxygen atoms in total. The lowest BCUT2D eigenvalue weighted by atomic mass is 10.0. The molecule has 1 N–H and O–H groups in total. The van der Waals surface area contributed by atoms with E-state index < -0.39 is 11.9 Å². The van der Waals surface area contributed by atoms with E-state index in [0.29, 0.717) is 18.7 Å². The summed E-state index contributed by atoms with van der Waals surface area (Å²) < 4.78 is 5.60. The van der Waals surface area contributed by atoms with Crippen molar-refractivity contribution in [2.75, 3.05) is 13.2 Å². The number of carboxylic acids is 1. The third-order valence-corrected chi connectivity index (χ3v) is 4.30. The summed E-state index contributed by atoms with van der Waals surface area (Å²) in [6.07, 6.45) is 0.506. The number of aliphatic carboxylic acids is 1. The zero-order chi connectivity index (χ0) is 15.6. The fourth-order valence-corrected chi connectivity index (χ4v) is 2.72. The van der Waals surface area contributed by atoms with Gasteiger partial charge in [0, 0.05) is 12.6 Å². The van der Waals surface area contributed by atoms with Crippen LogP contribution in [0.1, 0.15) is 24.5 Å². The fourth-order valence-electron chi connectivity index (χ4n) is 2.72. The Hall–Kier alpha value is -2.04. The summed E-state index contributed by atoms with van der Waals surface area (Å²) >= 11 is 0. The van der Waals surface area contributed by atoms with Gasteiger partial charge in [0.05, 0.1) is 5.92 Å². The van der Waals surface area contributed by atoms with E-state index in [0.717, 1.165) is 11.1 Å². The molecule has 0 spiro atoms. The summed E-state index contributed by atoms with van der Waals surface area (Å²) in [6, 6.07) is 5.44. The van der Waals surface area contributed by atoms with Crippen molar-refractivity contribution in [3.8, 4) is 5.75 Å². The van der Waals surface area contributed by atoms with Gasteiger partial charge in [-0.15, -0.1) is 0 Å². The number of benzene rings is 1. The van der Waals surface area contributed by atoms with Crippen LogP contribution < -0.4 is 4.74 Å². The lowest BCUT2D eigenvalue weighted by Gasteiger charge is -2.23. The summed E-state index contributed by atoms with van der Waals surface area (Å²) in [5.41, 5.74) is 2.13. The second kappa shape index (κ2) is 6.16. The SMILES string of the molecule is Cc1cccc(OCC(=O)N2CCC(C(=O)O)C2C)c1C. The molecule has 2 atom stereocenters. The van der Waals surface area contributed by atoms with Crippen LogP contribution in [0.25, 0.3) is 0 Å². The number of amides is 1. The molecule has 0 aliphatic carbocycles. The van der Waals surface area contributed by atoms with E-state index in [9.17, 15) is 9.59 Å². The minimum absolute atomic E-state index is 0.0546. The number of ether oxygens (including phenoxy) is 1. The third kappa shape index (κ3) is 3.17. The van der Waals surface area contributed by atoms with Gasteiger partial charge in [-0.25, -0.2) is 0 Å². The van der Waals surface area contributed by atoms with Crippen LogP contribution in [0.2, 0.25) is 0 Å². The predicted octanol–water partition coefficient (Wildman–Crippen LogP) is 2.00. The van der Waals surface area contributed by atoms with Crippen molar-refractivity contribution in [2.45, 2.75) is 33.2 Å². The lowest BCUT2D eigenvalue weighted by molar-refractivity contribution is -0.143. The number of carbonyl (C=O) groups excluding carboxylic acids is 1. The van der Waals surface area contributed by atoms with E-state index in [1.807, 2.05) is 32.0 Å². The van der Waals surface area contributed by atoms with Gasteiger partial charge in [-0.05, 0) is 44.4 Å². The number of nitrogens with zero attached hydrogens (tertiary/aromatic N) is 1. The molecule has 1 heterocycles. The van der Waals surface area contributed by atoms with Crippen LogP contribution in [-0.4, -0.2) is 41.1 Å². The molecule has 1 aliphatic rings. The number of hydrogen-bond donors (Lipinski definition) is 1. The average molecular weight is 291 g/mol. The summed E-state index contributed by atoms with van der Waals surface area (Å²) in [5, 5.41) is 9.09. The van der Waals surface area contributed by atoms with E-state index in [1.165, 1.54) is 0 Å². The van der Waals surface area contributed by atoms with Crippen molar-refractivity contribution in [1.82, 2.24) is 4.90 Å². The van der Waals surface area contributed by atoms with Gasteiger partial charge < -0.3 is 14.7 Å². The molecule has 5 heteroatoms. The van der Waals surface area contributed by atoms with Gasteiger partial charge in [-0.2, -0.15) is 0 Å². The highest BCUT2D eigenvalue weighted by Gasteiger charge is 2.38. The zero-order valence-corrected chi connectivity index (χ0v) is 12.6. The summed E-state index contributed by atoms with van der Waals surface area (Å²) in [5.74, 6) is -0.778. The number of carbonyl (C=O) groups is 2. The van der Waals surface area contributed by atoms with Gasteiger partial charge in [0.2, 0.25) is 0 Å². The molecule has 0 saturated carbocycles. The van der Waals surface area contributed by atoms with Crippen LogP contribution >= 0.6 is 0 Å². The van der Waals surface area contributed by atoms with Crippen molar-refractivity contribution in [3.05, 3.63) is 29.3 Å². The van der Waals surface area contributed by atoms with Crippen LogP contribution in [-0.2, 0) is 9.59 Å². The molecule has 1 saturated heterocycles. The van der Waals surface area contributed by atoms with E-state index >= 15 is 0 Å². The predicted molar refractivity (Wildman–Crippen MR) is 78.3 cm³/mol. The van der Waals surface area contributed by atoms with E-state index in [4.69, 9.17) is 9.84 Å². The Morgan fingerprint density at radius 1 is 1.38 bits per heavy atom. The van der Waals surface area contributed by atoms with Gasteiger partial charge in [-0.1, -0.05) is 12.1 Å². The molecule has 1 aromatic rings. The Morgan fingerprint density at radius 3 is 2.71 bits per heavy atom. The van der Waals surface area contributed by atoms with Crippen LogP contribution in [0.4, 0.5) is 0 Å². The molecule has 1 aliphatic heterocycles.